The highest BCUT2D eigenvalue weighted by Gasteiger charge is 2.29. The minimum Gasteiger partial charge on any atom is -0.335 e. The van der Waals surface area contributed by atoms with E-state index in [0.717, 1.165) is 30.9 Å². The van der Waals surface area contributed by atoms with Crippen molar-refractivity contribution in [2.24, 2.45) is 0 Å². The predicted octanol–water partition coefficient (Wildman–Crippen LogP) is 4.02. The Morgan fingerprint density at radius 2 is 1.59 bits per heavy atom. The van der Waals surface area contributed by atoms with E-state index in [1.54, 1.807) is 16.2 Å². The van der Waals surface area contributed by atoms with E-state index in [-0.39, 0.29) is 16.8 Å². The van der Waals surface area contributed by atoms with Crippen molar-refractivity contribution in [2.45, 2.75) is 25.7 Å². The van der Waals surface area contributed by atoms with Crippen LogP contribution in [-0.4, -0.2) is 47.8 Å². The van der Waals surface area contributed by atoms with Crippen LogP contribution in [0.3, 0.4) is 0 Å². The largest absolute Gasteiger partial charge is 0.335 e. The van der Waals surface area contributed by atoms with E-state index in [1.165, 1.54) is 29.0 Å². The molecule has 142 valence electrons. The number of thiophene rings is 1. The summed E-state index contributed by atoms with van der Waals surface area (Å²) in [6.07, 6.45) is 4.41. The number of carbonyl (C=O) groups excluding carboxylic acids is 2. The molecule has 7 heteroatoms. The average molecular weight is 407 g/mol. The first-order chi connectivity index (χ1) is 13.0. The second-order valence-corrected chi connectivity index (χ2v) is 8.34. The molecule has 1 aromatic heterocycles. The summed E-state index contributed by atoms with van der Waals surface area (Å²) in [4.78, 5) is 30.4. The molecule has 27 heavy (non-hydrogen) atoms. The SMILES string of the molecule is O=C(c1ccc(F)cc1Cl)N1CCN(C(=O)c2csc3c2CCCC3)CC1. The summed E-state index contributed by atoms with van der Waals surface area (Å²) in [5.74, 6) is -0.618. The molecule has 1 aliphatic carbocycles. The number of carbonyl (C=O) groups is 2. The Labute approximate surface area is 166 Å². The van der Waals surface area contributed by atoms with Gasteiger partial charge in [0.25, 0.3) is 11.8 Å². The van der Waals surface area contributed by atoms with Crippen molar-refractivity contribution in [1.29, 1.82) is 0 Å². The van der Waals surface area contributed by atoms with E-state index in [4.69, 9.17) is 11.6 Å². The van der Waals surface area contributed by atoms with Gasteiger partial charge in [0.1, 0.15) is 5.82 Å². The molecule has 0 unspecified atom stereocenters. The molecule has 1 aliphatic heterocycles. The van der Waals surface area contributed by atoms with E-state index < -0.39 is 5.82 Å². The van der Waals surface area contributed by atoms with Crippen LogP contribution < -0.4 is 0 Å². The van der Waals surface area contributed by atoms with Gasteiger partial charge in [0.15, 0.2) is 0 Å². The van der Waals surface area contributed by atoms with Gasteiger partial charge in [-0.3, -0.25) is 9.59 Å². The predicted molar refractivity (Wildman–Crippen MR) is 104 cm³/mol. The lowest BCUT2D eigenvalue weighted by molar-refractivity contribution is 0.0535. The van der Waals surface area contributed by atoms with Crippen LogP contribution in [0.25, 0.3) is 0 Å². The number of hydrogen-bond donors (Lipinski definition) is 0. The molecular formula is C20H20ClFN2O2S. The van der Waals surface area contributed by atoms with Crippen molar-refractivity contribution in [3.8, 4) is 0 Å². The Balaban J connectivity index is 1.42. The summed E-state index contributed by atoms with van der Waals surface area (Å²) in [5.41, 5.74) is 2.37. The summed E-state index contributed by atoms with van der Waals surface area (Å²) < 4.78 is 13.2. The minimum absolute atomic E-state index is 0.0707. The van der Waals surface area contributed by atoms with E-state index in [2.05, 4.69) is 0 Å². The van der Waals surface area contributed by atoms with E-state index in [1.807, 2.05) is 10.3 Å². The Hall–Kier alpha value is -1.92. The third-order valence-corrected chi connectivity index (χ3v) is 6.71. The zero-order valence-corrected chi connectivity index (χ0v) is 16.4. The molecule has 1 aromatic carbocycles. The fourth-order valence-corrected chi connectivity index (χ4v) is 5.16. The van der Waals surface area contributed by atoms with Crippen LogP contribution in [0.5, 0.6) is 0 Å². The number of hydrogen-bond acceptors (Lipinski definition) is 3. The van der Waals surface area contributed by atoms with Gasteiger partial charge in [-0.1, -0.05) is 11.6 Å². The molecular weight excluding hydrogens is 387 g/mol. The molecule has 0 saturated carbocycles. The maximum Gasteiger partial charge on any atom is 0.255 e. The fourth-order valence-electron chi connectivity index (χ4n) is 3.79. The minimum atomic E-state index is -0.467. The van der Waals surface area contributed by atoms with Gasteiger partial charge in [0.05, 0.1) is 16.1 Å². The lowest BCUT2D eigenvalue weighted by atomic mass is 9.95. The highest BCUT2D eigenvalue weighted by Crippen LogP contribution is 2.31. The van der Waals surface area contributed by atoms with Crippen LogP contribution in [0.2, 0.25) is 5.02 Å². The van der Waals surface area contributed by atoms with Gasteiger partial charge in [-0.15, -0.1) is 11.3 Å². The Morgan fingerprint density at radius 1 is 0.963 bits per heavy atom. The molecule has 4 rings (SSSR count). The molecule has 2 aromatic rings. The van der Waals surface area contributed by atoms with Gasteiger partial charge < -0.3 is 9.80 Å². The smallest absolute Gasteiger partial charge is 0.255 e. The topological polar surface area (TPSA) is 40.6 Å². The molecule has 0 radical (unpaired) electrons. The Kier molecular flexibility index (Phi) is 5.19. The monoisotopic (exact) mass is 406 g/mol. The lowest BCUT2D eigenvalue weighted by Gasteiger charge is -2.35. The number of nitrogens with zero attached hydrogens (tertiary/aromatic N) is 2. The third kappa shape index (κ3) is 3.60. The van der Waals surface area contributed by atoms with E-state index >= 15 is 0 Å². The second-order valence-electron chi connectivity index (χ2n) is 6.97. The molecule has 2 heterocycles. The van der Waals surface area contributed by atoms with Crippen LogP contribution in [-0.2, 0) is 12.8 Å². The summed E-state index contributed by atoms with van der Waals surface area (Å²) in [6.45, 7) is 1.89. The molecule has 4 nitrogen and oxygen atoms in total. The van der Waals surface area contributed by atoms with Gasteiger partial charge in [-0.2, -0.15) is 0 Å². The summed E-state index contributed by atoms with van der Waals surface area (Å²) >= 11 is 7.70. The second kappa shape index (κ2) is 7.60. The van der Waals surface area contributed by atoms with Gasteiger partial charge in [0, 0.05) is 36.4 Å². The molecule has 1 saturated heterocycles. The number of aryl methyl sites for hydroxylation is 1. The fraction of sp³-hybridized carbons (Fsp3) is 0.400. The summed E-state index contributed by atoms with van der Waals surface area (Å²) in [6, 6.07) is 3.79. The van der Waals surface area contributed by atoms with Crippen molar-refractivity contribution in [1.82, 2.24) is 9.80 Å². The number of piperazine rings is 1. The highest BCUT2D eigenvalue weighted by molar-refractivity contribution is 7.10. The number of halogens is 2. The van der Waals surface area contributed by atoms with Gasteiger partial charge in [-0.05, 0) is 49.4 Å². The maximum atomic E-state index is 13.2. The number of benzene rings is 1. The molecule has 0 N–H and O–H groups in total. The van der Waals surface area contributed by atoms with Crippen molar-refractivity contribution < 1.29 is 14.0 Å². The first-order valence-corrected chi connectivity index (χ1v) is 10.4. The van der Waals surface area contributed by atoms with Crippen molar-refractivity contribution in [3.05, 3.63) is 56.0 Å². The van der Waals surface area contributed by atoms with Crippen LogP contribution in [0.4, 0.5) is 4.39 Å². The standard InChI is InChI=1S/C20H20ClFN2O2S/c21-17-11-13(22)5-6-15(17)19(25)23-7-9-24(10-8-23)20(26)16-12-27-18-4-2-1-3-14(16)18/h5-6,11-12H,1-4,7-10H2. The van der Waals surface area contributed by atoms with E-state index in [0.29, 0.717) is 31.7 Å². The normalized spacial score (nSPS) is 17.0. The number of amides is 2. The average Bonchev–Trinajstić information content (AvgIpc) is 3.11. The zero-order valence-electron chi connectivity index (χ0n) is 14.8. The molecule has 2 amide bonds. The first-order valence-electron chi connectivity index (χ1n) is 9.17. The van der Waals surface area contributed by atoms with Gasteiger partial charge in [0.2, 0.25) is 0 Å². The summed E-state index contributed by atoms with van der Waals surface area (Å²) in [5, 5.41) is 2.11. The molecule has 1 fully saturated rings. The van der Waals surface area contributed by atoms with Crippen molar-refractivity contribution in [3.63, 3.8) is 0 Å². The number of rotatable bonds is 2. The Bertz CT molecular complexity index is 890. The molecule has 2 aliphatic rings. The first kappa shape index (κ1) is 18.4. The van der Waals surface area contributed by atoms with Gasteiger partial charge >= 0.3 is 0 Å². The van der Waals surface area contributed by atoms with Crippen molar-refractivity contribution >= 4 is 34.8 Å². The Morgan fingerprint density at radius 3 is 2.26 bits per heavy atom. The quantitative estimate of drug-likeness (QED) is 0.755. The number of fused-ring (bicyclic) bond motifs is 1. The lowest BCUT2D eigenvalue weighted by Crippen LogP contribution is -2.50. The molecule has 0 bridgehead atoms. The van der Waals surface area contributed by atoms with Crippen molar-refractivity contribution in [2.75, 3.05) is 26.2 Å². The zero-order chi connectivity index (χ0) is 19.0. The van der Waals surface area contributed by atoms with Crippen LogP contribution in [0.1, 0.15) is 44.0 Å². The molecule has 0 atom stereocenters. The van der Waals surface area contributed by atoms with E-state index in [9.17, 15) is 14.0 Å². The summed E-state index contributed by atoms with van der Waals surface area (Å²) in [7, 11) is 0. The van der Waals surface area contributed by atoms with Crippen LogP contribution >= 0.6 is 22.9 Å². The third-order valence-electron chi connectivity index (χ3n) is 5.31. The maximum absolute atomic E-state index is 13.2. The van der Waals surface area contributed by atoms with Crippen LogP contribution in [0.15, 0.2) is 23.6 Å². The van der Waals surface area contributed by atoms with Crippen LogP contribution in [0, 0.1) is 5.82 Å². The highest BCUT2D eigenvalue weighted by atomic mass is 35.5. The molecule has 0 spiro atoms. The van der Waals surface area contributed by atoms with Gasteiger partial charge in [-0.25, -0.2) is 4.39 Å².